The topological polar surface area (TPSA) is 82.7 Å². The van der Waals surface area contributed by atoms with Crippen molar-refractivity contribution in [3.8, 4) is 6.07 Å². The Morgan fingerprint density at radius 3 is 2.92 bits per heavy atom. The minimum Gasteiger partial charge on any atom is -0.383 e. The molecule has 0 aliphatic rings. The van der Waals surface area contributed by atoms with Crippen LogP contribution in [0.5, 0.6) is 0 Å². The van der Waals surface area contributed by atoms with Crippen LogP contribution >= 0.6 is 11.5 Å². The van der Waals surface area contributed by atoms with Crippen LogP contribution in [0.3, 0.4) is 0 Å². The number of nitrogens with one attached hydrogen (secondary N) is 1. The van der Waals surface area contributed by atoms with E-state index >= 15 is 0 Å². The Labute approximate surface area is 152 Å². The van der Waals surface area contributed by atoms with E-state index in [9.17, 15) is 0 Å². The zero-order valence-electron chi connectivity index (χ0n) is 14.9. The van der Waals surface area contributed by atoms with Gasteiger partial charge in [0.25, 0.3) is 0 Å². The van der Waals surface area contributed by atoms with Crippen LogP contribution in [0.4, 0.5) is 10.7 Å². The van der Waals surface area contributed by atoms with Crippen LogP contribution in [-0.2, 0) is 11.2 Å². The molecule has 0 aliphatic heterocycles. The molecule has 0 atom stereocenters. The van der Waals surface area contributed by atoms with Gasteiger partial charge in [0.2, 0.25) is 0 Å². The Kier molecular flexibility index (Phi) is 7.51. The largest absolute Gasteiger partial charge is 0.383 e. The van der Waals surface area contributed by atoms with Gasteiger partial charge in [0.1, 0.15) is 11.6 Å². The second kappa shape index (κ2) is 9.87. The third-order valence-corrected chi connectivity index (χ3v) is 4.55. The molecule has 0 saturated carbocycles. The van der Waals surface area contributed by atoms with Crippen molar-refractivity contribution in [1.82, 2.24) is 4.37 Å². The standard InChI is InChI=1S/C18H23N5OS/c1-4-24-10-9-20-16-6-5-15(13(2)11-16)7-8-21-22-18-17(12-19)14(3)23-25-18/h5-6,11,20H,4,7-10H2,1-3H3. The maximum Gasteiger partial charge on any atom is 0.176 e. The third kappa shape index (κ3) is 5.62. The minimum absolute atomic E-state index is 0.521. The van der Waals surface area contributed by atoms with Crippen molar-refractivity contribution in [3.05, 3.63) is 40.6 Å². The van der Waals surface area contributed by atoms with Crippen molar-refractivity contribution in [1.29, 1.82) is 5.26 Å². The van der Waals surface area contributed by atoms with Gasteiger partial charge in [-0.2, -0.15) is 14.7 Å². The Morgan fingerprint density at radius 1 is 1.36 bits per heavy atom. The summed E-state index contributed by atoms with van der Waals surface area (Å²) in [5.74, 6) is 0. The summed E-state index contributed by atoms with van der Waals surface area (Å²) in [6.07, 6.45) is 0.814. The number of azo groups is 1. The number of benzene rings is 1. The van der Waals surface area contributed by atoms with E-state index in [0.717, 1.165) is 25.3 Å². The maximum atomic E-state index is 9.08. The Hall–Kier alpha value is -2.30. The van der Waals surface area contributed by atoms with E-state index in [1.165, 1.54) is 22.7 Å². The van der Waals surface area contributed by atoms with E-state index in [2.05, 4.69) is 51.1 Å². The molecule has 1 N–H and O–H groups in total. The van der Waals surface area contributed by atoms with Gasteiger partial charge in [-0.15, -0.1) is 5.11 Å². The molecule has 0 bridgehead atoms. The molecule has 0 unspecified atom stereocenters. The van der Waals surface area contributed by atoms with Gasteiger partial charge in [-0.1, -0.05) is 6.07 Å². The van der Waals surface area contributed by atoms with E-state index in [1.807, 2.05) is 6.92 Å². The lowest BCUT2D eigenvalue weighted by Gasteiger charge is -2.10. The number of ether oxygens (including phenoxy) is 1. The van der Waals surface area contributed by atoms with Crippen LogP contribution < -0.4 is 5.32 Å². The fourth-order valence-corrected chi connectivity index (χ4v) is 3.03. The monoisotopic (exact) mass is 357 g/mol. The molecule has 0 radical (unpaired) electrons. The van der Waals surface area contributed by atoms with Crippen molar-refractivity contribution in [2.45, 2.75) is 27.2 Å². The molecule has 0 amide bonds. The normalized spacial score (nSPS) is 11.0. The summed E-state index contributed by atoms with van der Waals surface area (Å²) in [6.45, 7) is 8.73. The molecule has 7 heteroatoms. The smallest absolute Gasteiger partial charge is 0.176 e. The Morgan fingerprint density at radius 2 is 2.20 bits per heavy atom. The van der Waals surface area contributed by atoms with Gasteiger partial charge in [-0.25, -0.2) is 0 Å². The molecule has 0 spiro atoms. The average molecular weight is 357 g/mol. The molecule has 25 heavy (non-hydrogen) atoms. The number of hydrogen-bond acceptors (Lipinski definition) is 7. The molecule has 132 valence electrons. The lowest BCUT2D eigenvalue weighted by atomic mass is 10.1. The first-order valence-electron chi connectivity index (χ1n) is 8.30. The molecule has 0 aliphatic carbocycles. The van der Waals surface area contributed by atoms with Crippen LogP contribution in [0.1, 0.15) is 29.3 Å². The molecule has 1 heterocycles. The molecule has 0 saturated heterocycles. The summed E-state index contributed by atoms with van der Waals surface area (Å²) in [5, 5.41) is 21.4. The Balaban J connectivity index is 1.86. The molecule has 6 nitrogen and oxygen atoms in total. The first-order chi connectivity index (χ1) is 12.2. The number of aromatic nitrogens is 1. The summed E-state index contributed by atoms with van der Waals surface area (Å²) >= 11 is 1.21. The SMILES string of the molecule is CCOCCNc1ccc(CCN=Nc2snc(C)c2C#N)c(C)c1. The van der Waals surface area contributed by atoms with Gasteiger partial charge in [-0.05, 0) is 62.0 Å². The summed E-state index contributed by atoms with van der Waals surface area (Å²) in [5.41, 5.74) is 4.80. The molecule has 0 fully saturated rings. The highest BCUT2D eigenvalue weighted by molar-refractivity contribution is 7.10. The number of nitrogens with zero attached hydrogens (tertiary/aromatic N) is 4. The van der Waals surface area contributed by atoms with Gasteiger partial charge in [0.05, 0.1) is 18.8 Å². The lowest BCUT2D eigenvalue weighted by molar-refractivity contribution is 0.158. The zero-order chi connectivity index (χ0) is 18.1. The second-order valence-corrected chi connectivity index (χ2v) is 6.29. The van der Waals surface area contributed by atoms with Crippen molar-refractivity contribution in [2.75, 3.05) is 31.6 Å². The summed E-state index contributed by atoms with van der Waals surface area (Å²) in [4.78, 5) is 0. The van der Waals surface area contributed by atoms with E-state index in [4.69, 9.17) is 10.00 Å². The van der Waals surface area contributed by atoms with Crippen molar-refractivity contribution < 1.29 is 4.74 Å². The van der Waals surface area contributed by atoms with E-state index in [0.29, 0.717) is 29.4 Å². The first kappa shape index (κ1) is 19.0. The summed E-state index contributed by atoms with van der Waals surface area (Å²) < 4.78 is 9.45. The lowest BCUT2D eigenvalue weighted by Crippen LogP contribution is -2.09. The van der Waals surface area contributed by atoms with Crippen LogP contribution in [0, 0.1) is 25.2 Å². The first-order valence-corrected chi connectivity index (χ1v) is 9.08. The fourth-order valence-electron chi connectivity index (χ4n) is 2.34. The number of aryl methyl sites for hydroxylation is 2. The van der Waals surface area contributed by atoms with Crippen molar-refractivity contribution in [2.24, 2.45) is 10.2 Å². The van der Waals surface area contributed by atoms with Gasteiger partial charge < -0.3 is 10.1 Å². The molecular formula is C18H23N5OS. The molecule has 2 aromatic rings. The third-order valence-electron chi connectivity index (χ3n) is 3.72. The minimum atomic E-state index is 0.521. The highest BCUT2D eigenvalue weighted by Gasteiger charge is 2.08. The molecular weight excluding hydrogens is 334 g/mol. The van der Waals surface area contributed by atoms with Gasteiger partial charge >= 0.3 is 0 Å². The van der Waals surface area contributed by atoms with E-state index in [1.54, 1.807) is 6.92 Å². The second-order valence-electron chi connectivity index (χ2n) is 5.54. The fraction of sp³-hybridized carbons (Fsp3) is 0.444. The number of nitriles is 1. The quantitative estimate of drug-likeness (QED) is 0.532. The number of anilines is 1. The highest BCUT2D eigenvalue weighted by atomic mass is 32.1. The van der Waals surface area contributed by atoms with E-state index < -0.39 is 0 Å². The van der Waals surface area contributed by atoms with Gasteiger partial charge in [0, 0.05) is 18.8 Å². The Bertz CT molecular complexity index is 763. The van der Waals surface area contributed by atoms with Crippen LogP contribution in [0.15, 0.2) is 28.4 Å². The van der Waals surface area contributed by atoms with E-state index in [-0.39, 0.29) is 0 Å². The van der Waals surface area contributed by atoms with Crippen LogP contribution in [-0.4, -0.2) is 30.7 Å². The summed E-state index contributed by atoms with van der Waals surface area (Å²) in [6, 6.07) is 8.45. The highest BCUT2D eigenvalue weighted by Crippen LogP contribution is 2.26. The van der Waals surface area contributed by atoms with Gasteiger partial charge in [0.15, 0.2) is 5.00 Å². The predicted molar refractivity (Wildman–Crippen MR) is 101 cm³/mol. The molecule has 1 aromatic carbocycles. The van der Waals surface area contributed by atoms with Crippen molar-refractivity contribution in [3.63, 3.8) is 0 Å². The summed E-state index contributed by atoms with van der Waals surface area (Å²) in [7, 11) is 0. The van der Waals surface area contributed by atoms with Gasteiger partial charge in [-0.3, -0.25) is 0 Å². The number of hydrogen-bond donors (Lipinski definition) is 1. The molecule has 2 rings (SSSR count). The van der Waals surface area contributed by atoms with Crippen LogP contribution in [0.25, 0.3) is 0 Å². The van der Waals surface area contributed by atoms with Crippen LogP contribution in [0.2, 0.25) is 0 Å². The average Bonchev–Trinajstić information content (AvgIpc) is 2.96. The maximum absolute atomic E-state index is 9.08. The molecule has 1 aromatic heterocycles. The number of rotatable bonds is 9. The zero-order valence-corrected chi connectivity index (χ0v) is 15.7. The predicted octanol–water partition coefficient (Wildman–Crippen LogP) is 4.41. The van der Waals surface area contributed by atoms with Crippen molar-refractivity contribution >= 4 is 22.2 Å².